The average molecular weight is 312 g/mol. The first kappa shape index (κ1) is 15.5. The number of hydrogen-bond donors (Lipinski definition) is 1. The number of nitriles is 1. The summed E-state index contributed by atoms with van der Waals surface area (Å²) in [6.07, 6.45) is 1.86. The molecule has 2 saturated heterocycles. The quantitative estimate of drug-likeness (QED) is 0.909. The molecule has 6 heteroatoms. The molecule has 1 aromatic rings. The third kappa shape index (κ3) is 3.20. The molecule has 0 spiro atoms. The Hall–Kier alpha value is -2.39. The van der Waals surface area contributed by atoms with E-state index < -0.39 is 0 Å². The van der Waals surface area contributed by atoms with Crippen molar-refractivity contribution in [3.05, 3.63) is 35.9 Å². The number of nitrogens with zero attached hydrogens (tertiary/aromatic N) is 3. The normalized spacial score (nSPS) is 22.7. The van der Waals surface area contributed by atoms with Crippen molar-refractivity contribution >= 4 is 11.9 Å². The third-order valence-electron chi connectivity index (χ3n) is 4.59. The molecule has 2 fully saturated rings. The SMILES string of the molecule is N#C[C@@H](c1ccccc1)[C@H]1CCCN1CC(=O)N1CCNC1=O. The molecule has 0 bridgehead atoms. The fourth-order valence-corrected chi connectivity index (χ4v) is 3.44. The van der Waals surface area contributed by atoms with Crippen LogP contribution in [0.1, 0.15) is 24.3 Å². The van der Waals surface area contributed by atoms with Gasteiger partial charge in [-0.1, -0.05) is 30.3 Å². The van der Waals surface area contributed by atoms with Gasteiger partial charge in [-0.3, -0.25) is 14.6 Å². The highest BCUT2D eigenvalue weighted by molar-refractivity contribution is 5.96. The number of nitrogens with one attached hydrogen (secondary N) is 1. The zero-order chi connectivity index (χ0) is 16.2. The van der Waals surface area contributed by atoms with Crippen molar-refractivity contribution in [3.63, 3.8) is 0 Å². The van der Waals surface area contributed by atoms with E-state index in [1.54, 1.807) is 0 Å². The lowest BCUT2D eigenvalue weighted by molar-refractivity contribution is -0.129. The summed E-state index contributed by atoms with van der Waals surface area (Å²) < 4.78 is 0. The molecule has 0 unspecified atom stereocenters. The molecule has 3 amide bonds. The van der Waals surface area contributed by atoms with E-state index >= 15 is 0 Å². The highest BCUT2D eigenvalue weighted by atomic mass is 16.2. The molecule has 2 heterocycles. The molecule has 2 aliphatic rings. The Labute approximate surface area is 135 Å². The Balaban J connectivity index is 1.71. The lowest BCUT2D eigenvalue weighted by atomic mass is 9.91. The zero-order valence-corrected chi connectivity index (χ0v) is 12.9. The smallest absolute Gasteiger partial charge is 0.324 e. The fraction of sp³-hybridized carbons (Fsp3) is 0.471. The van der Waals surface area contributed by atoms with E-state index in [0.717, 1.165) is 24.9 Å². The summed E-state index contributed by atoms with van der Waals surface area (Å²) in [4.78, 5) is 27.3. The zero-order valence-electron chi connectivity index (χ0n) is 12.9. The molecule has 1 N–H and O–H groups in total. The molecule has 6 nitrogen and oxygen atoms in total. The molecule has 120 valence electrons. The van der Waals surface area contributed by atoms with Gasteiger partial charge in [0.15, 0.2) is 0 Å². The highest BCUT2D eigenvalue weighted by Gasteiger charge is 2.36. The molecule has 0 saturated carbocycles. The van der Waals surface area contributed by atoms with Crippen molar-refractivity contribution in [2.24, 2.45) is 0 Å². The maximum absolute atomic E-state index is 12.3. The molecule has 0 aromatic heterocycles. The molecule has 0 aliphatic carbocycles. The van der Waals surface area contributed by atoms with Gasteiger partial charge in [-0.15, -0.1) is 0 Å². The van der Waals surface area contributed by atoms with E-state index in [1.165, 1.54) is 4.90 Å². The minimum atomic E-state index is -0.314. The molecule has 2 aliphatic heterocycles. The second-order valence-corrected chi connectivity index (χ2v) is 5.97. The predicted octanol–water partition coefficient (Wildman–Crippen LogP) is 1.31. The van der Waals surface area contributed by atoms with Crippen molar-refractivity contribution in [3.8, 4) is 6.07 Å². The largest absolute Gasteiger partial charge is 0.336 e. The summed E-state index contributed by atoms with van der Waals surface area (Å²) >= 11 is 0. The third-order valence-corrected chi connectivity index (χ3v) is 4.59. The van der Waals surface area contributed by atoms with Gasteiger partial charge in [0, 0.05) is 19.1 Å². The summed E-state index contributed by atoms with van der Waals surface area (Å²) in [7, 11) is 0. The molecule has 1 aromatic carbocycles. The summed E-state index contributed by atoms with van der Waals surface area (Å²) in [5, 5.41) is 12.3. The minimum absolute atomic E-state index is 0.0250. The van der Waals surface area contributed by atoms with Gasteiger partial charge in [-0.05, 0) is 24.9 Å². The van der Waals surface area contributed by atoms with Crippen LogP contribution in [0.4, 0.5) is 4.79 Å². The first-order valence-electron chi connectivity index (χ1n) is 7.97. The van der Waals surface area contributed by atoms with E-state index in [-0.39, 0.29) is 30.4 Å². The second-order valence-electron chi connectivity index (χ2n) is 5.97. The highest BCUT2D eigenvalue weighted by Crippen LogP contribution is 2.30. The Kier molecular flexibility index (Phi) is 4.58. The number of benzene rings is 1. The van der Waals surface area contributed by atoms with Gasteiger partial charge in [0.05, 0.1) is 18.5 Å². The van der Waals surface area contributed by atoms with Gasteiger partial charge in [0.1, 0.15) is 0 Å². The summed E-state index contributed by atoms with van der Waals surface area (Å²) in [5.41, 5.74) is 0.985. The average Bonchev–Trinajstić information content (AvgIpc) is 3.19. The Morgan fingerprint density at radius 3 is 2.78 bits per heavy atom. The van der Waals surface area contributed by atoms with Crippen molar-refractivity contribution in [1.29, 1.82) is 5.26 Å². The maximum Gasteiger partial charge on any atom is 0.324 e. The van der Waals surface area contributed by atoms with Gasteiger partial charge in [0.25, 0.3) is 0 Å². The number of hydrogen-bond acceptors (Lipinski definition) is 4. The van der Waals surface area contributed by atoms with Crippen molar-refractivity contribution < 1.29 is 9.59 Å². The van der Waals surface area contributed by atoms with Gasteiger partial charge in [-0.2, -0.15) is 5.26 Å². The number of carbonyl (C=O) groups excluding carboxylic acids is 2. The van der Waals surface area contributed by atoms with E-state index in [1.807, 2.05) is 30.3 Å². The summed E-state index contributed by atoms with van der Waals surface area (Å²) in [5.74, 6) is -0.435. The van der Waals surface area contributed by atoms with E-state index in [2.05, 4.69) is 16.3 Å². The van der Waals surface area contributed by atoms with Gasteiger partial charge < -0.3 is 5.32 Å². The Morgan fingerprint density at radius 2 is 2.13 bits per heavy atom. The van der Waals surface area contributed by atoms with Crippen molar-refractivity contribution in [2.45, 2.75) is 24.8 Å². The van der Waals surface area contributed by atoms with Gasteiger partial charge in [-0.25, -0.2) is 4.79 Å². The van der Waals surface area contributed by atoms with Crippen LogP contribution in [-0.4, -0.2) is 54.0 Å². The molecule has 2 atom stereocenters. The number of amides is 3. The predicted molar refractivity (Wildman–Crippen MR) is 84.5 cm³/mol. The van der Waals surface area contributed by atoms with E-state index in [0.29, 0.717) is 13.1 Å². The number of carbonyl (C=O) groups is 2. The summed E-state index contributed by atoms with van der Waals surface area (Å²) in [6.45, 7) is 1.93. The molecular weight excluding hydrogens is 292 g/mol. The fourth-order valence-electron chi connectivity index (χ4n) is 3.44. The number of rotatable bonds is 4. The van der Waals surface area contributed by atoms with Crippen LogP contribution in [0.15, 0.2) is 30.3 Å². The minimum Gasteiger partial charge on any atom is -0.336 e. The Morgan fingerprint density at radius 1 is 1.35 bits per heavy atom. The van der Waals surface area contributed by atoms with Crippen LogP contribution < -0.4 is 5.32 Å². The summed E-state index contributed by atoms with van der Waals surface area (Å²) in [6, 6.07) is 11.8. The maximum atomic E-state index is 12.3. The first-order valence-corrected chi connectivity index (χ1v) is 7.97. The standard InChI is InChI=1S/C17H20N4O2/c18-11-14(13-5-2-1-3-6-13)15-7-4-9-20(15)12-16(22)21-10-8-19-17(21)23/h1-3,5-6,14-15H,4,7-10,12H2,(H,19,23)/t14-,15+/m0/s1. The molecule has 23 heavy (non-hydrogen) atoms. The van der Waals surface area contributed by atoms with Crippen molar-refractivity contribution in [2.75, 3.05) is 26.2 Å². The molecule has 3 rings (SSSR count). The Bertz CT molecular complexity index is 625. The van der Waals surface area contributed by atoms with Crippen LogP contribution in [0, 0.1) is 11.3 Å². The molecular formula is C17H20N4O2. The van der Waals surface area contributed by atoms with Crippen molar-refractivity contribution in [1.82, 2.24) is 15.1 Å². The number of urea groups is 1. The molecule has 0 radical (unpaired) electrons. The number of imide groups is 1. The number of likely N-dealkylation sites (tertiary alicyclic amines) is 1. The van der Waals surface area contributed by atoms with Crippen LogP contribution in [0.5, 0.6) is 0 Å². The van der Waals surface area contributed by atoms with Crippen LogP contribution in [0.25, 0.3) is 0 Å². The van der Waals surface area contributed by atoms with Crippen LogP contribution in [0.2, 0.25) is 0 Å². The van der Waals surface area contributed by atoms with Crippen LogP contribution >= 0.6 is 0 Å². The monoisotopic (exact) mass is 312 g/mol. The van der Waals surface area contributed by atoms with Gasteiger partial charge >= 0.3 is 6.03 Å². The van der Waals surface area contributed by atoms with Crippen LogP contribution in [0.3, 0.4) is 0 Å². The van der Waals surface area contributed by atoms with E-state index in [9.17, 15) is 14.9 Å². The van der Waals surface area contributed by atoms with E-state index in [4.69, 9.17) is 0 Å². The lowest BCUT2D eigenvalue weighted by Crippen LogP contribution is -2.44. The van der Waals surface area contributed by atoms with Crippen LogP contribution in [-0.2, 0) is 4.79 Å². The first-order chi connectivity index (χ1) is 11.2. The second kappa shape index (κ2) is 6.80. The topological polar surface area (TPSA) is 76.4 Å². The van der Waals surface area contributed by atoms with Gasteiger partial charge in [0.2, 0.25) is 5.91 Å². The lowest BCUT2D eigenvalue weighted by Gasteiger charge is -2.28.